The molecule has 0 aromatic heterocycles. The van der Waals surface area contributed by atoms with Crippen molar-refractivity contribution in [2.75, 3.05) is 31.8 Å². The lowest BCUT2D eigenvalue weighted by molar-refractivity contribution is -0.160. The average Bonchev–Trinajstić information content (AvgIpc) is 3.50. The van der Waals surface area contributed by atoms with Crippen LogP contribution in [0.3, 0.4) is 0 Å². The Morgan fingerprint density at radius 2 is 1.93 bits per heavy atom. The van der Waals surface area contributed by atoms with Gasteiger partial charge in [0.1, 0.15) is 23.3 Å². The van der Waals surface area contributed by atoms with Crippen LogP contribution in [0, 0.1) is 17.8 Å². The Bertz CT molecular complexity index is 1130. The number of carbonyl (C=O) groups excluding carboxylic acids is 3. The van der Waals surface area contributed by atoms with Crippen LogP contribution in [0.4, 0.5) is 5.69 Å². The summed E-state index contributed by atoms with van der Waals surface area (Å²) in [5.74, 6) is -2.13. The van der Waals surface area contributed by atoms with Crippen LogP contribution in [-0.2, 0) is 23.9 Å². The van der Waals surface area contributed by atoms with Crippen LogP contribution in [0.25, 0.3) is 0 Å². The molecule has 3 saturated heterocycles. The molecule has 1 spiro atoms. The molecule has 4 rings (SSSR count). The summed E-state index contributed by atoms with van der Waals surface area (Å²) in [7, 11) is 1.57. The summed E-state index contributed by atoms with van der Waals surface area (Å²) in [6, 6.07) is 5.44. The number of aliphatic hydroxyl groups is 1. The van der Waals surface area contributed by atoms with E-state index >= 15 is 0 Å². The molecule has 9 nitrogen and oxygen atoms in total. The standard InChI is InChI=1S/C31H42N2O7/c1-7-9-17-39-29(37)25-24-27(35)33(22(19-34)18-20(3)4)26(31(24)15-14-30(25,5)40-31)28(36)32(16-8-2)21-10-12-23(38-6)13-11-21/h7-8,10-13,20,22,24-26,34H,1-2,9,14-19H2,3-6H3/t22-,24+,25+,26?,30-,31?/m1/s1. The van der Waals surface area contributed by atoms with Gasteiger partial charge in [-0.05, 0) is 62.8 Å². The molecule has 9 heteroatoms. The third-order valence-corrected chi connectivity index (χ3v) is 8.58. The van der Waals surface area contributed by atoms with Gasteiger partial charge in [0, 0.05) is 12.2 Å². The molecule has 6 atom stereocenters. The van der Waals surface area contributed by atoms with Crippen LogP contribution in [-0.4, -0.2) is 77.9 Å². The summed E-state index contributed by atoms with van der Waals surface area (Å²) in [6.07, 6.45) is 5.22. The second-order valence-electron chi connectivity index (χ2n) is 11.6. The molecule has 2 unspecified atom stereocenters. The normalized spacial score (nSPS) is 29.3. The number of hydrogen-bond donors (Lipinski definition) is 1. The molecule has 0 saturated carbocycles. The van der Waals surface area contributed by atoms with Crippen molar-refractivity contribution in [2.24, 2.45) is 17.8 Å². The van der Waals surface area contributed by atoms with Gasteiger partial charge < -0.3 is 29.1 Å². The van der Waals surface area contributed by atoms with Crippen LogP contribution >= 0.6 is 0 Å². The van der Waals surface area contributed by atoms with Crippen LogP contribution < -0.4 is 9.64 Å². The van der Waals surface area contributed by atoms with Gasteiger partial charge in [0.2, 0.25) is 5.91 Å². The molecule has 1 aromatic rings. The molecule has 218 valence electrons. The van der Waals surface area contributed by atoms with Gasteiger partial charge in [-0.25, -0.2) is 0 Å². The molecule has 1 N–H and O–H groups in total. The van der Waals surface area contributed by atoms with Gasteiger partial charge in [0.25, 0.3) is 5.91 Å². The summed E-state index contributed by atoms with van der Waals surface area (Å²) in [5.41, 5.74) is -1.55. The van der Waals surface area contributed by atoms with E-state index in [0.29, 0.717) is 37.1 Å². The number of anilines is 1. The first-order chi connectivity index (χ1) is 19.1. The van der Waals surface area contributed by atoms with Gasteiger partial charge in [-0.2, -0.15) is 0 Å². The molecule has 2 amide bonds. The van der Waals surface area contributed by atoms with Gasteiger partial charge >= 0.3 is 5.97 Å². The van der Waals surface area contributed by atoms with Gasteiger partial charge in [0.15, 0.2) is 0 Å². The third-order valence-electron chi connectivity index (χ3n) is 8.58. The molecule has 0 aliphatic carbocycles. The summed E-state index contributed by atoms with van der Waals surface area (Å²) >= 11 is 0. The minimum absolute atomic E-state index is 0.152. The minimum atomic E-state index is -1.22. The number of likely N-dealkylation sites (tertiary alicyclic amines) is 1. The first-order valence-electron chi connectivity index (χ1n) is 14.1. The number of methoxy groups -OCH3 is 1. The molecule has 3 aliphatic rings. The minimum Gasteiger partial charge on any atom is -0.497 e. The van der Waals surface area contributed by atoms with Gasteiger partial charge in [-0.3, -0.25) is 14.4 Å². The number of benzene rings is 1. The van der Waals surface area contributed by atoms with E-state index in [4.69, 9.17) is 14.2 Å². The molecule has 3 fully saturated rings. The van der Waals surface area contributed by atoms with E-state index in [1.54, 1.807) is 48.4 Å². The number of carbonyl (C=O) groups is 3. The lowest BCUT2D eigenvalue weighted by atomic mass is 9.66. The smallest absolute Gasteiger partial charge is 0.312 e. The molecule has 3 heterocycles. The monoisotopic (exact) mass is 554 g/mol. The summed E-state index contributed by atoms with van der Waals surface area (Å²) in [5, 5.41) is 10.5. The Balaban J connectivity index is 1.81. The Kier molecular flexibility index (Phi) is 8.75. The number of hydrogen-bond acceptors (Lipinski definition) is 7. The highest BCUT2D eigenvalue weighted by Crippen LogP contribution is 2.64. The summed E-state index contributed by atoms with van der Waals surface area (Å²) in [4.78, 5) is 45.5. The van der Waals surface area contributed by atoms with Crippen molar-refractivity contribution in [1.82, 2.24) is 4.90 Å². The van der Waals surface area contributed by atoms with Gasteiger partial charge in [-0.15, -0.1) is 13.2 Å². The first kappa shape index (κ1) is 29.8. The van der Waals surface area contributed by atoms with E-state index in [-0.39, 0.29) is 37.5 Å². The molecule has 1 aromatic carbocycles. The number of nitrogens with zero attached hydrogens (tertiary/aromatic N) is 2. The highest BCUT2D eigenvalue weighted by atomic mass is 16.6. The maximum Gasteiger partial charge on any atom is 0.312 e. The number of fused-ring (bicyclic) bond motifs is 1. The second kappa shape index (κ2) is 11.7. The van der Waals surface area contributed by atoms with E-state index in [0.717, 1.165) is 0 Å². The first-order valence-corrected chi connectivity index (χ1v) is 14.1. The maximum atomic E-state index is 14.6. The van der Waals surface area contributed by atoms with Crippen LogP contribution in [0.2, 0.25) is 0 Å². The lowest BCUT2D eigenvalue weighted by Gasteiger charge is -2.40. The van der Waals surface area contributed by atoms with Crippen molar-refractivity contribution in [1.29, 1.82) is 0 Å². The fourth-order valence-electron chi connectivity index (χ4n) is 6.91. The number of ether oxygens (including phenoxy) is 3. The van der Waals surface area contributed by atoms with E-state index in [2.05, 4.69) is 13.2 Å². The average molecular weight is 555 g/mol. The highest BCUT2D eigenvalue weighted by Gasteiger charge is 2.79. The SMILES string of the molecule is C=CCCOC(=O)[C@@H]1[C@H]2C(=O)N([C@@H](CO)CC(C)C)C(C(=O)N(CC=C)c3ccc(OC)cc3)C23CC[C@@]1(C)O3. The van der Waals surface area contributed by atoms with Gasteiger partial charge in [0.05, 0.1) is 37.9 Å². The predicted octanol–water partition coefficient (Wildman–Crippen LogP) is 3.51. The second-order valence-corrected chi connectivity index (χ2v) is 11.6. The summed E-state index contributed by atoms with van der Waals surface area (Å²) < 4.78 is 17.5. The molecular weight excluding hydrogens is 512 g/mol. The van der Waals surface area contributed by atoms with Crippen molar-refractivity contribution in [3.63, 3.8) is 0 Å². The number of amides is 2. The van der Waals surface area contributed by atoms with E-state index in [1.165, 1.54) is 4.90 Å². The Morgan fingerprint density at radius 1 is 1.23 bits per heavy atom. The van der Waals surface area contributed by atoms with Crippen molar-refractivity contribution >= 4 is 23.5 Å². The van der Waals surface area contributed by atoms with E-state index in [1.807, 2.05) is 20.8 Å². The fourth-order valence-corrected chi connectivity index (χ4v) is 6.91. The largest absolute Gasteiger partial charge is 0.497 e. The Morgan fingerprint density at radius 3 is 2.50 bits per heavy atom. The zero-order valence-electron chi connectivity index (χ0n) is 24.0. The van der Waals surface area contributed by atoms with E-state index < -0.39 is 41.1 Å². The summed E-state index contributed by atoms with van der Waals surface area (Å²) in [6.45, 7) is 13.4. The quantitative estimate of drug-likeness (QED) is 0.226. The van der Waals surface area contributed by atoms with Crippen molar-refractivity contribution in [2.45, 2.75) is 69.7 Å². The Hall–Kier alpha value is -3.17. The van der Waals surface area contributed by atoms with Crippen molar-refractivity contribution in [3.8, 4) is 5.75 Å². The number of aliphatic hydroxyl groups excluding tert-OH is 1. The Labute approximate surface area is 236 Å². The van der Waals surface area contributed by atoms with Crippen LogP contribution in [0.5, 0.6) is 5.75 Å². The molecule has 2 bridgehead atoms. The van der Waals surface area contributed by atoms with Crippen LogP contribution in [0.15, 0.2) is 49.6 Å². The molecule has 40 heavy (non-hydrogen) atoms. The molecule has 3 aliphatic heterocycles. The zero-order valence-corrected chi connectivity index (χ0v) is 24.0. The predicted molar refractivity (Wildman–Crippen MR) is 151 cm³/mol. The van der Waals surface area contributed by atoms with Crippen LogP contribution in [0.1, 0.15) is 46.5 Å². The number of rotatable bonds is 13. The number of esters is 1. The molecule has 0 radical (unpaired) electrons. The molecular formula is C31H42N2O7. The zero-order chi connectivity index (χ0) is 29.2. The lowest BCUT2D eigenvalue weighted by Crippen LogP contribution is -2.59. The fraction of sp³-hybridized carbons (Fsp3) is 0.581. The topological polar surface area (TPSA) is 106 Å². The van der Waals surface area contributed by atoms with E-state index in [9.17, 15) is 19.5 Å². The van der Waals surface area contributed by atoms with Gasteiger partial charge in [-0.1, -0.05) is 26.0 Å². The highest BCUT2D eigenvalue weighted by molar-refractivity contribution is 6.05. The maximum absolute atomic E-state index is 14.6. The van der Waals surface area contributed by atoms with Crippen molar-refractivity contribution < 1.29 is 33.7 Å². The third kappa shape index (κ3) is 4.94. The van der Waals surface area contributed by atoms with Crippen molar-refractivity contribution in [3.05, 3.63) is 49.6 Å².